The lowest BCUT2D eigenvalue weighted by Crippen LogP contribution is -2.48. The molecule has 7 nitrogen and oxygen atoms in total. The smallest absolute Gasteiger partial charge is 0.242 e. The standard InChI is InChI=1S/C32H31FN4O3S/c1-21-12-13-26(22(2)18-21)37-32-29(30(34-37)23-8-4-3-5-9-23)31(24-10-6-7-11-25(24)33)41-20-28(39)36(32)19-27(38)35-14-16-40-17-15-35/h3-13,18,31H,14-17,19-20H2,1-2H3. The van der Waals surface area contributed by atoms with Crippen molar-refractivity contribution in [3.8, 4) is 16.9 Å². The second-order valence-electron chi connectivity index (χ2n) is 10.3. The number of carbonyl (C=O) groups excluding carboxylic acids is 2. The molecular weight excluding hydrogens is 539 g/mol. The highest BCUT2D eigenvalue weighted by atomic mass is 32.2. The molecule has 3 aromatic carbocycles. The van der Waals surface area contributed by atoms with E-state index in [1.54, 1.807) is 26.6 Å². The van der Waals surface area contributed by atoms with Crippen LogP contribution in [0.15, 0.2) is 72.8 Å². The van der Waals surface area contributed by atoms with Gasteiger partial charge in [0.1, 0.15) is 18.2 Å². The molecule has 2 aliphatic rings. The summed E-state index contributed by atoms with van der Waals surface area (Å²) in [6.45, 7) is 5.78. The summed E-state index contributed by atoms with van der Waals surface area (Å²) in [5.41, 5.74) is 5.56. The Morgan fingerprint density at radius 3 is 2.49 bits per heavy atom. The molecule has 210 valence electrons. The van der Waals surface area contributed by atoms with E-state index in [1.807, 2.05) is 62.4 Å². The highest BCUT2D eigenvalue weighted by Gasteiger charge is 2.39. The molecule has 1 aromatic heterocycles. The number of hydrogen-bond acceptors (Lipinski definition) is 5. The number of carbonyl (C=O) groups is 2. The molecule has 0 spiro atoms. The zero-order valence-corrected chi connectivity index (χ0v) is 23.9. The topological polar surface area (TPSA) is 67.7 Å². The predicted molar refractivity (Wildman–Crippen MR) is 159 cm³/mol. The van der Waals surface area contributed by atoms with Crippen molar-refractivity contribution in [2.75, 3.05) is 43.5 Å². The molecule has 0 saturated carbocycles. The van der Waals surface area contributed by atoms with E-state index in [0.29, 0.717) is 48.9 Å². The Balaban J connectivity index is 1.61. The maximum Gasteiger partial charge on any atom is 0.242 e. The number of ether oxygens (including phenoxy) is 1. The van der Waals surface area contributed by atoms with Crippen LogP contribution in [-0.4, -0.2) is 65.1 Å². The molecule has 0 aliphatic carbocycles. The third kappa shape index (κ3) is 5.27. The zero-order chi connectivity index (χ0) is 28.5. The van der Waals surface area contributed by atoms with Crippen molar-refractivity contribution in [3.63, 3.8) is 0 Å². The monoisotopic (exact) mass is 570 g/mol. The average Bonchev–Trinajstić information content (AvgIpc) is 3.30. The van der Waals surface area contributed by atoms with Gasteiger partial charge in [-0.25, -0.2) is 9.07 Å². The van der Waals surface area contributed by atoms with E-state index in [9.17, 15) is 9.59 Å². The SMILES string of the molecule is Cc1ccc(-n2nc(-c3ccccc3)c3c2N(CC(=O)N2CCOCC2)C(=O)CSC3c2ccccc2F)c(C)c1. The number of thioether (sulfide) groups is 1. The Hall–Kier alpha value is -3.95. The lowest BCUT2D eigenvalue weighted by molar-refractivity contribution is -0.134. The third-order valence-corrected chi connectivity index (χ3v) is 8.80. The Bertz CT molecular complexity index is 1600. The molecule has 2 aliphatic heterocycles. The summed E-state index contributed by atoms with van der Waals surface area (Å²) in [6.07, 6.45) is 0. The number of hydrogen-bond donors (Lipinski definition) is 0. The lowest BCUT2D eigenvalue weighted by atomic mass is 9.99. The number of amides is 2. The van der Waals surface area contributed by atoms with Gasteiger partial charge < -0.3 is 9.64 Å². The summed E-state index contributed by atoms with van der Waals surface area (Å²) >= 11 is 1.36. The second kappa shape index (κ2) is 11.5. The molecule has 4 aromatic rings. The van der Waals surface area contributed by atoms with Crippen molar-refractivity contribution in [2.24, 2.45) is 0 Å². The van der Waals surface area contributed by atoms with Crippen LogP contribution in [0.3, 0.4) is 0 Å². The normalized spacial score (nSPS) is 17.3. The first kappa shape index (κ1) is 27.2. The third-order valence-electron chi connectivity index (χ3n) is 7.56. The second-order valence-corrected chi connectivity index (χ2v) is 11.4. The van der Waals surface area contributed by atoms with Crippen molar-refractivity contribution in [2.45, 2.75) is 19.1 Å². The van der Waals surface area contributed by atoms with Gasteiger partial charge in [0, 0.05) is 29.8 Å². The van der Waals surface area contributed by atoms with Gasteiger partial charge in [-0.3, -0.25) is 14.5 Å². The highest BCUT2D eigenvalue weighted by molar-refractivity contribution is 8.00. The Kier molecular flexibility index (Phi) is 7.64. The summed E-state index contributed by atoms with van der Waals surface area (Å²) in [5.74, 6) is -0.135. The number of morpholine rings is 1. The Morgan fingerprint density at radius 2 is 1.76 bits per heavy atom. The van der Waals surface area contributed by atoms with Gasteiger partial charge in [-0.15, -0.1) is 11.8 Å². The molecule has 9 heteroatoms. The number of rotatable bonds is 5. The summed E-state index contributed by atoms with van der Waals surface area (Å²) in [5, 5.41) is 4.60. The summed E-state index contributed by atoms with van der Waals surface area (Å²) in [4.78, 5) is 30.7. The minimum atomic E-state index is -0.520. The highest BCUT2D eigenvalue weighted by Crippen LogP contribution is 2.49. The van der Waals surface area contributed by atoms with Crippen LogP contribution in [0.1, 0.15) is 27.5 Å². The van der Waals surface area contributed by atoms with Gasteiger partial charge in [0.15, 0.2) is 0 Å². The molecular formula is C32H31FN4O3S. The predicted octanol–water partition coefficient (Wildman–Crippen LogP) is 5.32. The van der Waals surface area contributed by atoms with Gasteiger partial charge in [-0.1, -0.05) is 66.2 Å². The minimum Gasteiger partial charge on any atom is -0.378 e. The first-order valence-corrected chi connectivity index (χ1v) is 14.7. The molecule has 0 N–H and O–H groups in total. The number of aryl methyl sites for hydroxylation is 2. The molecule has 1 unspecified atom stereocenters. The summed E-state index contributed by atoms with van der Waals surface area (Å²) < 4.78 is 22.6. The number of benzene rings is 3. The van der Waals surface area contributed by atoms with Gasteiger partial charge in [0.05, 0.1) is 35.6 Å². The van der Waals surface area contributed by atoms with Crippen molar-refractivity contribution in [1.29, 1.82) is 0 Å². The van der Waals surface area contributed by atoms with Crippen molar-refractivity contribution in [1.82, 2.24) is 14.7 Å². The number of halogens is 1. The number of anilines is 1. The van der Waals surface area contributed by atoms with E-state index in [1.165, 1.54) is 17.8 Å². The maximum absolute atomic E-state index is 15.4. The first-order valence-electron chi connectivity index (χ1n) is 13.7. The van der Waals surface area contributed by atoms with E-state index in [4.69, 9.17) is 9.84 Å². The van der Waals surface area contributed by atoms with Crippen LogP contribution in [0.4, 0.5) is 10.2 Å². The van der Waals surface area contributed by atoms with Crippen LogP contribution in [0.25, 0.3) is 16.9 Å². The van der Waals surface area contributed by atoms with Gasteiger partial charge in [-0.2, -0.15) is 5.10 Å². The molecule has 0 bridgehead atoms. The van der Waals surface area contributed by atoms with Crippen LogP contribution in [0.5, 0.6) is 0 Å². The minimum absolute atomic E-state index is 0.0885. The van der Waals surface area contributed by atoms with Gasteiger partial charge in [0.25, 0.3) is 0 Å². The summed E-state index contributed by atoms with van der Waals surface area (Å²) in [6, 6.07) is 22.5. The number of aromatic nitrogens is 2. The fourth-order valence-corrected chi connectivity index (χ4v) is 6.74. The quantitative estimate of drug-likeness (QED) is 0.325. The van der Waals surface area contributed by atoms with Crippen LogP contribution < -0.4 is 4.90 Å². The molecule has 41 heavy (non-hydrogen) atoms. The van der Waals surface area contributed by atoms with Gasteiger partial charge >= 0.3 is 0 Å². The average molecular weight is 571 g/mol. The van der Waals surface area contributed by atoms with Gasteiger partial charge in [0.2, 0.25) is 11.8 Å². The molecule has 1 atom stereocenters. The van der Waals surface area contributed by atoms with Crippen molar-refractivity contribution >= 4 is 29.4 Å². The van der Waals surface area contributed by atoms with Crippen LogP contribution >= 0.6 is 11.8 Å². The van der Waals surface area contributed by atoms with E-state index in [2.05, 4.69) is 6.07 Å². The Labute approximate surface area is 242 Å². The maximum atomic E-state index is 15.4. The molecule has 1 fully saturated rings. The van der Waals surface area contributed by atoms with E-state index in [-0.39, 0.29) is 29.9 Å². The first-order chi connectivity index (χ1) is 19.9. The molecule has 6 rings (SSSR count). The van der Waals surface area contributed by atoms with Crippen molar-refractivity contribution < 1.29 is 18.7 Å². The van der Waals surface area contributed by atoms with Crippen LogP contribution in [0, 0.1) is 19.7 Å². The van der Waals surface area contributed by atoms with E-state index >= 15 is 4.39 Å². The molecule has 2 amide bonds. The summed E-state index contributed by atoms with van der Waals surface area (Å²) in [7, 11) is 0. The lowest BCUT2D eigenvalue weighted by Gasteiger charge is -2.30. The van der Waals surface area contributed by atoms with Crippen LogP contribution in [0.2, 0.25) is 0 Å². The number of fused-ring (bicyclic) bond motifs is 1. The number of nitrogens with zero attached hydrogens (tertiary/aromatic N) is 4. The fraction of sp³-hybridized carbons (Fsp3) is 0.281. The molecule has 1 saturated heterocycles. The molecule has 0 radical (unpaired) electrons. The van der Waals surface area contributed by atoms with Gasteiger partial charge in [-0.05, 0) is 31.5 Å². The largest absolute Gasteiger partial charge is 0.378 e. The van der Waals surface area contributed by atoms with Crippen molar-refractivity contribution in [3.05, 3.63) is 101 Å². The molecule has 3 heterocycles. The fourth-order valence-electron chi connectivity index (χ4n) is 5.52. The van der Waals surface area contributed by atoms with Crippen LogP contribution in [-0.2, 0) is 14.3 Å². The van der Waals surface area contributed by atoms with E-state index in [0.717, 1.165) is 22.4 Å². The van der Waals surface area contributed by atoms with E-state index < -0.39 is 5.25 Å². The Morgan fingerprint density at radius 1 is 1.02 bits per heavy atom. The zero-order valence-electron chi connectivity index (χ0n) is 23.0.